The lowest BCUT2D eigenvalue weighted by Crippen LogP contribution is -2.16. The van der Waals surface area contributed by atoms with Crippen LogP contribution in [0.1, 0.15) is 11.4 Å². The van der Waals surface area contributed by atoms with Gasteiger partial charge in [0.05, 0.1) is 6.54 Å². The second-order valence-electron chi connectivity index (χ2n) is 4.25. The molecule has 0 saturated carbocycles. The molecule has 2 rings (SSSR count). The Bertz CT molecular complexity index is 631. The van der Waals surface area contributed by atoms with Crippen LogP contribution < -0.4 is 10.1 Å². The van der Waals surface area contributed by atoms with E-state index in [1.165, 1.54) is 18.3 Å². The first-order valence-electron chi connectivity index (χ1n) is 6.26. The van der Waals surface area contributed by atoms with E-state index in [4.69, 9.17) is 16.3 Å². The van der Waals surface area contributed by atoms with Crippen LogP contribution in [-0.4, -0.2) is 28.1 Å². The highest BCUT2D eigenvalue weighted by Gasteiger charge is 2.34. The molecule has 22 heavy (non-hydrogen) atoms. The number of ether oxygens (including phenoxy) is 1. The van der Waals surface area contributed by atoms with Crippen LogP contribution >= 0.6 is 11.6 Å². The van der Waals surface area contributed by atoms with Crippen LogP contribution in [0.2, 0.25) is 5.15 Å². The quantitative estimate of drug-likeness (QED) is 0.672. The number of aromatic nitrogens is 3. The molecule has 0 aromatic carbocycles. The molecule has 0 spiro atoms. The van der Waals surface area contributed by atoms with Crippen molar-refractivity contribution in [1.29, 1.82) is 0 Å². The summed E-state index contributed by atoms with van der Waals surface area (Å²) in [5, 5.41) is 3.16. The van der Waals surface area contributed by atoms with E-state index in [-0.39, 0.29) is 18.3 Å². The summed E-state index contributed by atoms with van der Waals surface area (Å²) in [5.74, 6) is 0.506. The van der Waals surface area contributed by atoms with Crippen molar-refractivity contribution in [3.8, 4) is 5.88 Å². The monoisotopic (exact) mass is 332 g/mol. The second-order valence-corrected chi connectivity index (χ2v) is 4.64. The summed E-state index contributed by atoms with van der Waals surface area (Å²) in [7, 11) is 0. The molecule has 0 atom stereocenters. The maximum Gasteiger partial charge on any atom is 0.421 e. The maximum absolute atomic E-state index is 12.7. The molecule has 5 nitrogen and oxygen atoms in total. The second kappa shape index (κ2) is 6.78. The number of nitrogens with one attached hydrogen (secondary N) is 1. The van der Waals surface area contributed by atoms with E-state index >= 15 is 0 Å². The number of hydrogen-bond donors (Lipinski definition) is 1. The lowest BCUT2D eigenvalue weighted by molar-refractivity contribution is -0.139. The Morgan fingerprint density at radius 3 is 2.77 bits per heavy atom. The first-order chi connectivity index (χ1) is 10.4. The molecular weight excluding hydrogens is 321 g/mol. The van der Waals surface area contributed by atoms with Gasteiger partial charge in [0.25, 0.3) is 0 Å². The normalized spacial score (nSPS) is 11.3. The van der Waals surface area contributed by atoms with E-state index in [9.17, 15) is 13.2 Å². The van der Waals surface area contributed by atoms with Crippen molar-refractivity contribution >= 4 is 17.4 Å². The number of anilines is 1. The van der Waals surface area contributed by atoms with Gasteiger partial charge >= 0.3 is 6.18 Å². The predicted molar refractivity (Wildman–Crippen MR) is 75.0 cm³/mol. The van der Waals surface area contributed by atoms with Crippen molar-refractivity contribution in [2.24, 2.45) is 0 Å². The minimum atomic E-state index is -4.51. The zero-order valence-corrected chi connectivity index (χ0v) is 12.2. The van der Waals surface area contributed by atoms with Crippen LogP contribution in [0.15, 0.2) is 24.4 Å². The minimum absolute atomic E-state index is 0.0131. The van der Waals surface area contributed by atoms with Gasteiger partial charge in [0.15, 0.2) is 0 Å². The SMILES string of the molecule is Cc1nc(Cl)cc(NCCOc2ncccc2C(F)(F)F)n1. The molecule has 2 aromatic heterocycles. The van der Waals surface area contributed by atoms with Crippen LogP contribution in [-0.2, 0) is 6.18 Å². The largest absolute Gasteiger partial charge is 0.475 e. The molecule has 2 aromatic rings. The van der Waals surface area contributed by atoms with E-state index < -0.39 is 17.6 Å². The fourth-order valence-corrected chi connectivity index (χ4v) is 1.90. The first kappa shape index (κ1) is 16.3. The molecule has 0 fully saturated rings. The number of hydrogen-bond acceptors (Lipinski definition) is 5. The molecule has 0 aliphatic carbocycles. The van der Waals surface area contributed by atoms with Crippen LogP contribution in [0.3, 0.4) is 0 Å². The van der Waals surface area contributed by atoms with Gasteiger partial charge in [-0.3, -0.25) is 0 Å². The Balaban J connectivity index is 1.92. The fraction of sp³-hybridized carbons (Fsp3) is 0.308. The van der Waals surface area contributed by atoms with E-state index in [1.807, 2.05) is 0 Å². The Hall–Kier alpha value is -2.09. The van der Waals surface area contributed by atoms with Gasteiger partial charge in [-0.2, -0.15) is 13.2 Å². The van der Waals surface area contributed by atoms with Crippen molar-refractivity contribution < 1.29 is 17.9 Å². The zero-order valence-electron chi connectivity index (χ0n) is 11.5. The van der Waals surface area contributed by atoms with Crippen LogP contribution in [0.5, 0.6) is 5.88 Å². The molecule has 9 heteroatoms. The number of nitrogens with zero attached hydrogens (tertiary/aromatic N) is 3. The summed E-state index contributed by atoms with van der Waals surface area (Å²) in [6.45, 7) is 1.90. The van der Waals surface area contributed by atoms with Gasteiger partial charge < -0.3 is 10.1 Å². The van der Waals surface area contributed by atoms with Crippen molar-refractivity contribution in [2.45, 2.75) is 13.1 Å². The summed E-state index contributed by atoms with van der Waals surface area (Å²) >= 11 is 5.77. The third kappa shape index (κ3) is 4.45. The highest BCUT2D eigenvalue weighted by atomic mass is 35.5. The molecule has 0 amide bonds. The predicted octanol–water partition coefficient (Wildman–Crippen LogP) is 3.34. The van der Waals surface area contributed by atoms with Gasteiger partial charge in [0, 0.05) is 12.3 Å². The molecule has 2 heterocycles. The summed E-state index contributed by atoms with van der Waals surface area (Å²) in [6.07, 6.45) is -3.26. The van der Waals surface area contributed by atoms with E-state index in [0.29, 0.717) is 11.6 Å². The van der Waals surface area contributed by atoms with Gasteiger partial charge in [-0.05, 0) is 19.1 Å². The van der Waals surface area contributed by atoms with Gasteiger partial charge in [-0.1, -0.05) is 11.6 Å². The molecule has 0 bridgehead atoms. The zero-order chi connectivity index (χ0) is 16.2. The Morgan fingerprint density at radius 2 is 2.09 bits per heavy atom. The molecule has 118 valence electrons. The maximum atomic E-state index is 12.7. The molecular formula is C13H12ClF3N4O. The molecule has 0 unspecified atom stereocenters. The standard InChI is InChI=1S/C13H12ClF3N4O/c1-8-20-10(14)7-11(21-8)18-5-6-22-12-9(13(15,16)17)3-2-4-19-12/h2-4,7H,5-6H2,1H3,(H,18,20,21). The van der Waals surface area contributed by atoms with Crippen molar-refractivity contribution in [3.63, 3.8) is 0 Å². The van der Waals surface area contributed by atoms with Gasteiger partial charge in [-0.25, -0.2) is 15.0 Å². The van der Waals surface area contributed by atoms with Gasteiger partial charge in [-0.15, -0.1) is 0 Å². The molecule has 0 saturated heterocycles. The van der Waals surface area contributed by atoms with Gasteiger partial charge in [0.2, 0.25) is 5.88 Å². The molecule has 1 N–H and O–H groups in total. The van der Waals surface area contributed by atoms with E-state index in [2.05, 4.69) is 20.3 Å². The molecule has 0 radical (unpaired) electrons. The van der Waals surface area contributed by atoms with Gasteiger partial charge in [0.1, 0.15) is 29.0 Å². The summed E-state index contributed by atoms with van der Waals surface area (Å²) in [6, 6.07) is 3.64. The Morgan fingerprint density at radius 1 is 1.32 bits per heavy atom. The first-order valence-corrected chi connectivity index (χ1v) is 6.64. The highest BCUT2D eigenvalue weighted by molar-refractivity contribution is 6.29. The van der Waals surface area contributed by atoms with Crippen molar-refractivity contribution in [3.05, 3.63) is 40.9 Å². The Kier molecular flexibility index (Phi) is 5.02. The Labute approximate surface area is 129 Å². The lowest BCUT2D eigenvalue weighted by Gasteiger charge is -2.13. The summed E-state index contributed by atoms with van der Waals surface area (Å²) < 4.78 is 43.3. The number of pyridine rings is 1. The van der Waals surface area contributed by atoms with Crippen molar-refractivity contribution in [1.82, 2.24) is 15.0 Å². The van der Waals surface area contributed by atoms with Crippen LogP contribution in [0.25, 0.3) is 0 Å². The molecule has 0 aliphatic heterocycles. The van der Waals surface area contributed by atoms with Crippen LogP contribution in [0.4, 0.5) is 19.0 Å². The average molecular weight is 333 g/mol. The summed E-state index contributed by atoms with van der Waals surface area (Å²) in [5.41, 5.74) is -0.907. The average Bonchev–Trinajstić information content (AvgIpc) is 2.42. The summed E-state index contributed by atoms with van der Waals surface area (Å²) in [4.78, 5) is 11.6. The highest BCUT2D eigenvalue weighted by Crippen LogP contribution is 2.34. The smallest absolute Gasteiger partial charge is 0.421 e. The number of rotatable bonds is 5. The van der Waals surface area contributed by atoms with E-state index in [1.54, 1.807) is 6.92 Å². The third-order valence-corrected chi connectivity index (χ3v) is 2.72. The topological polar surface area (TPSA) is 59.9 Å². The minimum Gasteiger partial charge on any atom is -0.475 e. The third-order valence-electron chi connectivity index (χ3n) is 2.53. The number of alkyl halides is 3. The molecule has 0 aliphatic rings. The van der Waals surface area contributed by atoms with Crippen LogP contribution in [0, 0.1) is 6.92 Å². The van der Waals surface area contributed by atoms with Crippen molar-refractivity contribution in [2.75, 3.05) is 18.5 Å². The lowest BCUT2D eigenvalue weighted by atomic mass is 10.2. The van der Waals surface area contributed by atoms with E-state index in [0.717, 1.165) is 6.07 Å². The number of halogens is 4. The number of aryl methyl sites for hydroxylation is 1. The fourth-order valence-electron chi connectivity index (χ4n) is 1.67.